The zero-order chi connectivity index (χ0) is 12.0. The monoisotopic (exact) mass is 237 g/mol. The van der Waals surface area contributed by atoms with Gasteiger partial charge < -0.3 is 5.32 Å². The third kappa shape index (κ3) is 3.14. The second-order valence-electron chi connectivity index (χ2n) is 3.02. The van der Waals surface area contributed by atoms with Gasteiger partial charge in [0.25, 0.3) is 5.69 Å². The Morgan fingerprint density at radius 3 is 2.94 bits per heavy atom. The molecule has 0 saturated heterocycles. The zero-order valence-electron chi connectivity index (χ0n) is 8.77. The van der Waals surface area contributed by atoms with Crippen LogP contribution in [0.2, 0.25) is 0 Å². The highest BCUT2D eigenvalue weighted by atomic mass is 32.2. The number of thioether (sulfide) groups is 1. The fraction of sp³-hybridized carbons (Fsp3) is 0.300. The highest BCUT2D eigenvalue weighted by Crippen LogP contribution is 2.25. The van der Waals surface area contributed by atoms with Gasteiger partial charge in [0.15, 0.2) is 0 Å². The van der Waals surface area contributed by atoms with Gasteiger partial charge in [-0.3, -0.25) is 10.1 Å². The molecule has 0 saturated carbocycles. The number of nitriles is 1. The summed E-state index contributed by atoms with van der Waals surface area (Å²) in [5.41, 5.74) is 0.815. The van der Waals surface area contributed by atoms with E-state index in [2.05, 4.69) is 5.32 Å². The van der Waals surface area contributed by atoms with Crippen LogP contribution >= 0.6 is 11.8 Å². The summed E-state index contributed by atoms with van der Waals surface area (Å²) in [7, 11) is 0. The first-order chi connectivity index (χ1) is 7.69. The lowest BCUT2D eigenvalue weighted by atomic mass is 10.2. The largest absolute Gasteiger partial charge is 0.379 e. The normalized spacial score (nSPS) is 9.50. The van der Waals surface area contributed by atoms with Crippen molar-refractivity contribution in [2.24, 2.45) is 0 Å². The number of nitrogens with zero attached hydrogens (tertiary/aromatic N) is 2. The number of rotatable bonds is 5. The molecule has 1 rings (SSSR count). The fourth-order valence-electron chi connectivity index (χ4n) is 1.19. The Morgan fingerprint density at radius 1 is 1.62 bits per heavy atom. The Kier molecular flexibility index (Phi) is 4.61. The van der Waals surface area contributed by atoms with Gasteiger partial charge in [-0.25, -0.2) is 0 Å². The van der Waals surface area contributed by atoms with E-state index in [-0.39, 0.29) is 5.69 Å². The van der Waals surface area contributed by atoms with E-state index in [9.17, 15) is 10.1 Å². The molecule has 1 aromatic carbocycles. The molecule has 1 N–H and O–H groups in total. The van der Waals surface area contributed by atoms with Gasteiger partial charge in [-0.1, -0.05) is 0 Å². The average Bonchev–Trinajstić information content (AvgIpc) is 2.29. The third-order valence-electron chi connectivity index (χ3n) is 1.94. The molecule has 0 aliphatic rings. The Morgan fingerprint density at radius 2 is 2.38 bits per heavy atom. The van der Waals surface area contributed by atoms with E-state index in [0.717, 1.165) is 5.75 Å². The Hall–Kier alpha value is -1.74. The molecule has 0 unspecified atom stereocenters. The molecule has 5 nitrogen and oxygen atoms in total. The van der Waals surface area contributed by atoms with Crippen molar-refractivity contribution in [1.29, 1.82) is 5.26 Å². The van der Waals surface area contributed by atoms with Gasteiger partial charge in [-0.2, -0.15) is 17.0 Å². The topological polar surface area (TPSA) is 79.0 Å². The summed E-state index contributed by atoms with van der Waals surface area (Å²) in [4.78, 5) is 10.3. The molecule has 6 heteroatoms. The van der Waals surface area contributed by atoms with Crippen molar-refractivity contribution < 1.29 is 4.92 Å². The maximum Gasteiger partial charge on any atom is 0.292 e. The molecule has 16 heavy (non-hydrogen) atoms. The van der Waals surface area contributed by atoms with Crippen LogP contribution in [0.15, 0.2) is 18.2 Å². The Balaban J connectivity index is 2.92. The number of nitro benzene ring substituents is 1. The maximum atomic E-state index is 10.7. The first-order valence-corrected chi connectivity index (χ1v) is 5.99. The van der Waals surface area contributed by atoms with Crippen LogP contribution in [-0.2, 0) is 0 Å². The Bertz CT molecular complexity index is 429. The minimum atomic E-state index is -0.456. The van der Waals surface area contributed by atoms with Crippen molar-refractivity contribution in [3.05, 3.63) is 33.9 Å². The summed E-state index contributed by atoms with van der Waals surface area (Å²) < 4.78 is 0. The van der Waals surface area contributed by atoms with E-state index in [4.69, 9.17) is 5.26 Å². The number of hydrogen-bond donors (Lipinski definition) is 1. The van der Waals surface area contributed by atoms with Crippen molar-refractivity contribution in [2.45, 2.75) is 0 Å². The van der Waals surface area contributed by atoms with E-state index < -0.39 is 4.92 Å². The lowest BCUT2D eigenvalue weighted by Crippen LogP contribution is -2.06. The molecule has 0 spiro atoms. The van der Waals surface area contributed by atoms with Crippen molar-refractivity contribution >= 4 is 23.1 Å². The van der Waals surface area contributed by atoms with Crippen molar-refractivity contribution in [3.8, 4) is 6.07 Å². The lowest BCUT2D eigenvalue weighted by Gasteiger charge is -2.06. The van der Waals surface area contributed by atoms with Crippen LogP contribution in [-0.4, -0.2) is 23.5 Å². The molecule has 0 amide bonds. The maximum absolute atomic E-state index is 10.7. The van der Waals surface area contributed by atoms with Crippen LogP contribution in [0.3, 0.4) is 0 Å². The van der Waals surface area contributed by atoms with Crippen LogP contribution in [0.5, 0.6) is 0 Å². The molecular formula is C10H11N3O2S. The summed E-state index contributed by atoms with van der Waals surface area (Å²) in [5, 5.41) is 22.4. The Labute approximate surface area is 97.6 Å². The number of benzene rings is 1. The van der Waals surface area contributed by atoms with E-state index in [1.807, 2.05) is 12.3 Å². The minimum Gasteiger partial charge on any atom is -0.379 e. The van der Waals surface area contributed by atoms with E-state index in [1.54, 1.807) is 11.8 Å². The summed E-state index contributed by atoms with van der Waals surface area (Å²) in [6.07, 6.45) is 1.96. The number of hydrogen-bond acceptors (Lipinski definition) is 5. The summed E-state index contributed by atoms with van der Waals surface area (Å²) >= 11 is 1.65. The number of nitrogens with one attached hydrogen (secondary N) is 1. The van der Waals surface area contributed by atoms with Gasteiger partial charge in [0, 0.05) is 18.4 Å². The molecule has 84 valence electrons. The summed E-state index contributed by atoms with van der Waals surface area (Å²) in [6, 6.07) is 6.24. The van der Waals surface area contributed by atoms with Crippen molar-refractivity contribution in [1.82, 2.24) is 0 Å². The molecule has 1 aromatic rings. The molecule has 0 radical (unpaired) electrons. The standard InChI is InChI=1S/C10H11N3O2S/c1-16-5-4-12-9-6-8(7-11)2-3-10(9)13(14)15/h2-3,6,12H,4-5H2,1H3. The SMILES string of the molecule is CSCCNc1cc(C#N)ccc1[N+](=O)[O-]. The van der Waals surface area contributed by atoms with Crippen LogP contribution in [0, 0.1) is 21.4 Å². The highest BCUT2D eigenvalue weighted by molar-refractivity contribution is 7.98. The van der Waals surface area contributed by atoms with Crippen LogP contribution < -0.4 is 5.32 Å². The molecule has 0 atom stereocenters. The fourth-order valence-corrected chi connectivity index (χ4v) is 1.50. The highest BCUT2D eigenvalue weighted by Gasteiger charge is 2.13. The summed E-state index contributed by atoms with van der Waals surface area (Å²) in [6.45, 7) is 0.636. The van der Waals surface area contributed by atoms with Gasteiger partial charge >= 0.3 is 0 Å². The molecule has 0 fully saturated rings. The van der Waals surface area contributed by atoms with Crippen molar-refractivity contribution in [3.63, 3.8) is 0 Å². The van der Waals surface area contributed by atoms with Gasteiger partial charge in [0.1, 0.15) is 5.69 Å². The van der Waals surface area contributed by atoms with Gasteiger partial charge in [-0.15, -0.1) is 0 Å². The van der Waals surface area contributed by atoms with Crippen LogP contribution in [0.25, 0.3) is 0 Å². The van der Waals surface area contributed by atoms with E-state index >= 15 is 0 Å². The zero-order valence-corrected chi connectivity index (χ0v) is 9.58. The summed E-state index contributed by atoms with van der Waals surface area (Å²) in [5.74, 6) is 0.855. The second kappa shape index (κ2) is 5.98. The molecular weight excluding hydrogens is 226 g/mol. The smallest absolute Gasteiger partial charge is 0.292 e. The number of nitro groups is 1. The first-order valence-electron chi connectivity index (χ1n) is 4.60. The molecule has 0 heterocycles. The van der Waals surface area contributed by atoms with E-state index in [0.29, 0.717) is 17.8 Å². The third-order valence-corrected chi connectivity index (χ3v) is 2.56. The van der Waals surface area contributed by atoms with E-state index in [1.165, 1.54) is 18.2 Å². The van der Waals surface area contributed by atoms with Crippen LogP contribution in [0.1, 0.15) is 5.56 Å². The molecule has 0 bridgehead atoms. The minimum absolute atomic E-state index is 0.0000954. The van der Waals surface area contributed by atoms with Gasteiger partial charge in [0.2, 0.25) is 0 Å². The van der Waals surface area contributed by atoms with Gasteiger partial charge in [0.05, 0.1) is 16.6 Å². The second-order valence-corrected chi connectivity index (χ2v) is 4.01. The quantitative estimate of drug-likeness (QED) is 0.482. The molecule has 0 aliphatic heterocycles. The predicted molar refractivity (Wildman–Crippen MR) is 64.7 cm³/mol. The predicted octanol–water partition coefficient (Wildman–Crippen LogP) is 2.24. The van der Waals surface area contributed by atoms with Gasteiger partial charge in [-0.05, 0) is 18.4 Å². The average molecular weight is 237 g/mol. The molecule has 0 aliphatic carbocycles. The lowest BCUT2D eigenvalue weighted by molar-refractivity contribution is -0.384. The van der Waals surface area contributed by atoms with Crippen molar-refractivity contribution in [2.75, 3.05) is 23.9 Å². The first kappa shape index (κ1) is 12.3. The molecule has 0 aromatic heterocycles. The number of anilines is 1. The van der Waals surface area contributed by atoms with Crippen LogP contribution in [0.4, 0.5) is 11.4 Å².